The van der Waals surface area contributed by atoms with Crippen LogP contribution in [0.5, 0.6) is 0 Å². The van der Waals surface area contributed by atoms with E-state index in [9.17, 15) is 9.90 Å². The second-order valence-corrected chi connectivity index (χ2v) is 4.51. The molecule has 0 bridgehead atoms. The SMILES string of the molecule is CC[N+](CC)(CC)CC.O=C([O-])CCCCCO. The zero-order valence-corrected chi connectivity index (χ0v) is 12.6. The summed E-state index contributed by atoms with van der Waals surface area (Å²) in [4.78, 5) is 9.79. The molecule has 0 heterocycles. The third kappa shape index (κ3) is 10.5. The van der Waals surface area contributed by atoms with Crippen LogP contribution in [0.2, 0.25) is 0 Å². The quantitative estimate of drug-likeness (QED) is 0.501. The molecule has 0 atom stereocenters. The molecule has 0 aliphatic rings. The van der Waals surface area contributed by atoms with E-state index in [1.165, 1.54) is 30.7 Å². The molecule has 0 amide bonds. The molecule has 0 aliphatic heterocycles. The average molecular weight is 261 g/mol. The normalized spacial score (nSPS) is 10.7. The third-order valence-corrected chi connectivity index (χ3v) is 3.72. The van der Waals surface area contributed by atoms with Gasteiger partial charge in [0.2, 0.25) is 0 Å². The molecule has 0 saturated heterocycles. The second-order valence-electron chi connectivity index (χ2n) is 4.51. The fourth-order valence-corrected chi connectivity index (χ4v) is 1.90. The summed E-state index contributed by atoms with van der Waals surface area (Å²) >= 11 is 0. The predicted molar refractivity (Wildman–Crippen MR) is 73.0 cm³/mol. The lowest BCUT2D eigenvalue weighted by atomic mass is 10.2. The minimum absolute atomic E-state index is 0.111. The first-order valence-corrected chi connectivity index (χ1v) is 7.17. The van der Waals surface area contributed by atoms with Crippen LogP contribution >= 0.6 is 0 Å². The molecule has 0 aliphatic carbocycles. The topological polar surface area (TPSA) is 60.4 Å². The van der Waals surface area contributed by atoms with Gasteiger partial charge >= 0.3 is 0 Å². The number of carboxylic acid groups (broad SMARTS) is 1. The van der Waals surface area contributed by atoms with Crippen molar-refractivity contribution in [3.05, 3.63) is 0 Å². The van der Waals surface area contributed by atoms with Crippen LogP contribution in [0.25, 0.3) is 0 Å². The molecular weight excluding hydrogens is 230 g/mol. The van der Waals surface area contributed by atoms with Crippen molar-refractivity contribution in [2.45, 2.75) is 53.4 Å². The summed E-state index contributed by atoms with van der Waals surface area (Å²) in [6.45, 7) is 14.4. The first kappa shape index (κ1) is 19.7. The Morgan fingerprint density at radius 2 is 1.39 bits per heavy atom. The van der Waals surface area contributed by atoms with E-state index >= 15 is 0 Å². The molecular formula is C14H31NO3. The molecule has 0 spiro atoms. The maximum atomic E-state index is 9.79. The number of aliphatic hydroxyl groups is 1. The fraction of sp³-hybridized carbons (Fsp3) is 0.929. The molecule has 18 heavy (non-hydrogen) atoms. The van der Waals surface area contributed by atoms with E-state index in [2.05, 4.69) is 27.7 Å². The molecule has 0 aromatic carbocycles. The Morgan fingerprint density at radius 1 is 0.944 bits per heavy atom. The van der Waals surface area contributed by atoms with Crippen molar-refractivity contribution in [3.8, 4) is 0 Å². The van der Waals surface area contributed by atoms with E-state index in [0.29, 0.717) is 12.8 Å². The highest BCUT2D eigenvalue weighted by atomic mass is 16.4. The number of aliphatic hydroxyl groups excluding tert-OH is 1. The minimum atomic E-state index is -1.01. The van der Waals surface area contributed by atoms with E-state index in [-0.39, 0.29) is 13.0 Å². The van der Waals surface area contributed by atoms with Gasteiger partial charge in [-0.05, 0) is 47.0 Å². The number of carbonyl (C=O) groups is 1. The summed E-state index contributed by atoms with van der Waals surface area (Å²) in [7, 11) is 0. The van der Waals surface area contributed by atoms with Gasteiger partial charge in [0.05, 0.1) is 26.2 Å². The standard InChI is InChI=1S/C8H20N.C6H12O3/c1-5-9(6-2,7-3)8-4;7-5-3-1-2-4-6(8)9/h5-8H2,1-4H3;7H,1-5H2,(H,8,9)/q+1;/p-1. The van der Waals surface area contributed by atoms with Crippen LogP contribution in [0, 0.1) is 0 Å². The molecule has 4 nitrogen and oxygen atoms in total. The predicted octanol–water partition coefficient (Wildman–Crippen LogP) is 1.17. The highest BCUT2D eigenvalue weighted by molar-refractivity contribution is 5.63. The summed E-state index contributed by atoms with van der Waals surface area (Å²) in [5, 5.41) is 18.1. The number of quaternary nitrogens is 1. The van der Waals surface area contributed by atoms with Gasteiger partial charge in [0.1, 0.15) is 0 Å². The number of carboxylic acids is 1. The number of carbonyl (C=O) groups excluding carboxylic acids is 1. The lowest BCUT2D eigenvalue weighted by molar-refractivity contribution is -0.921. The van der Waals surface area contributed by atoms with Crippen molar-refractivity contribution in [2.75, 3.05) is 32.8 Å². The van der Waals surface area contributed by atoms with E-state index in [4.69, 9.17) is 5.11 Å². The van der Waals surface area contributed by atoms with E-state index in [1.807, 2.05) is 0 Å². The Bertz CT molecular complexity index is 174. The Morgan fingerprint density at radius 3 is 1.61 bits per heavy atom. The smallest absolute Gasteiger partial charge is 0.0757 e. The molecule has 4 heteroatoms. The van der Waals surface area contributed by atoms with Gasteiger partial charge in [0.15, 0.2) is 0 Å². The zero-order valence-electron chi connectivity index (χ0n) is 12.6. The molecule has 0 aromatic rings. The molecule has 0 rings (SSSR count). The van der Waals surface area contributed by atoms with Gasteiger partial charge in [-0.25, -0.2) is 0 Å². The molecule has 0 radical (unpaired) electrons. The number of hydrogen-bond donors (Lipinski definition) is 1. The van der Waals surface area contributed by atoms with Crippen LogP contribution in [0.4, 0.5) is 0 Å². The van der Waals surface area contributed by atoms with Crippen LogP contribution in [-0.2, 0) is 4.79 Å². The van der Waals surface area contributed by atoms with Gasteiger partial charge < -0.3 is 19.5 Å². The Labute approximate surface area is 112 Å². The third-order valence-electron chi connectivity index (χ3n) is 3.72. The van der Waals surface area contributed by atoms with E-state index in [0.717, 1.165) is 6.42 Å². The fourth-order valence-electron chi connectivity index (χ4n) is 1.90. The Hall–Kier alpha value is -0.610. The van der Waals surface area contributed by atoms with Crippen molar-refractivity contribution in [2.24, 2.45) is 0 Å². The minimum Gasteiger partial charge on any atom is -0.550 e. The first-order chi connectivity index (χ1) is 8.51. The number of nitrogens with zero attached hydrogens (tertiary/aromatic N) is 1. The maximum Gasteiger partial charge on any atom is 0.0757 e. The van der Waals surface area contributed by atoms with E-state index in [1.54, 1.807) is 0 Å². The largest absolute Gasteiger partial charge is 0.550 e. The lowest BCUT2D eigenvalue weighted by Crippen LogP contribution is -2.47. The number of unbranched alkanes of at least 4 members (excludes halogenated alkanes) is 2. The lowest BCUT2D eigenvalue weighted by Gasteiger charge is -2.34. The van der Waals surface area contributed by atoms with Gasteiger partial charge in [0, 0.05) is 12.6 Å². The molecule has 0 saturated carbocycles. The van der Waals surface area contributed by atoms with Crippen LogP contribution in [0.15, 0.2) is 0 Å². The summed E-state index contributed by atoms with van der Waals surface area (Å²) in [5.74, 6) is -1.01. The van der Waals surface area contributed by atoms with Gasteiger partial charge in [-0.1, -0.05) is 6.42 Å². The van der Waals surface area contributed by atoms with Gasteiger partial charge in [0.25, 0.3) is 0 Å². The van der Waals surface area contributed by atoms with Crippen molar-refractivity contribution < 1.29 is 19.5 Å². The average Bonchev–Trinajstić information content (AvgIpc) is 2.39. The van der Waals surface area contributed by atoms with Crippen molar-refractivity contribution >= 4 is 5.97 Å². The summed E-state index contributed by atoms with van der Waals surface area (Å²) in [6, 6.07) is 0. The number of hydrogen-bond acceptors (Lipinski definition) is 3. The monoisotopic (exact) mass is 261 g/mol. The van der Waals surface area contributed by atoms with E-state index < -0.39 is 5.97 Å². The van der Waals surface area contributed by atoms with Crippen LogP contribution < -0.4 is 5.11 Å². The van der Waals surface area contributed by atoms with Crippen LogP contribution in [0.3, 0.4) is 0 Å². The summed E-state index contributed by atoms with van der Waals surface area (Å²) in [5.41, 5.74) is 0. The molecule has 0 fully saturated rings. The number of rotatable bonds is 9. The summed E-state index contributed by atoms with van der Waals surface area (Å²) in [6.07, 6.45) is 2.18. The van der Waals surface area contributed by atoms with Crippen molar-refractivity contribution in [1.82, 2.24) is 0 Å². The first-order valence-electron chi connectivity index (χ1n) is 7.17. The van der Waals surface area contributed by atoms with Gasteiger partial charge in [-0.2, -0.15) is 0 Å². The highest BCUT2D eigenvalue weighted by Crippen LogP contribution is 2.03. The maximum absolute atomic E-state index is 9.79. The van der Waals surface area contributed by atoms with Gasteiger partial charge in [-0.15, -0.1) is 0 Å². The Kier molecular flexibility index (Phi) is 14.1. The molecule has 0 unspecified atom stereocenters. The zero-order chi connectivity index (χ0) is 14.4. The summed E-state index contributed by atoms with van der Waals surface area (Å²) < 4.78 is 1.28. The van der Waals surface area contributed by atoms with Crippen molar-refractivity contribution in [1.29, 1.82) is 0 Å². The van der Waals surface area contributed by atoms with Gasteiger partial charge in [-0.3, -0.25) is 0 Å². The highest BCUT2D eigenvalue weighted by Gasteiger charge is 2.16. The van der Waals surface area contributed by atoms with Crippen molar-refractivity contribution in [3.63, 3.8) is 0 Å². The molecule has 110 valence electrons. The molecule has 1 N–H and O–H groups in total. The Balaban J connectivity index is 0. The van der Waals surface area contributed by atoms with Crippen LogP contribution in [0.1, 0.15) is 53.4 Å². The molecule has 0 aromatic heterocycles. The second kappa shape index (κ2) is 12.8. The number of aliphatic carboxylic acids is 1. The van der Waals surface area contributed by atoms with Crippen LogP contribution in [-0.4, -0.2) is 48.3 Å².